The average Bonchev–Trinajstić information content (AvgIpc) is 2.36. The smallest absolute Gasteiger partial charge is 0.132 e. The van der Waals surface area contributed by atoms with E-state index in [4.69, 9.17) is 0 Å². The molecular weight excluding hydrogens is 297 g/mol. The molecule has 1 aromatic rings. The molecule has 0 spiro atoms. The molecule has 0 atom stereocenters. The molecule has 2 heteroatoms. The Hall–Kier alpha value is -0.00610. The van der Waals surface area contributed by atoms with Crippen LogP contribution in [0, 0.1) is 20.3 Å². The molecule has 1 radical (unpaired) electrons. The van der Waals surface area contributed by atoms with Crippen molar-refractivity contribution in [3.8, 4) is 0 Å². The first-order valence-corrected chi connectivity index (χ1v) is 5.93. The number of ketones is 1. The van der Waals surface area contributed by atoms with Gasteiger partial charge in [-0.05, 0) is 19.8 Å². The Morgan fingerprint density at radius 1 is 0.944 bits per heavy atom. The van der Waals surface area contributed by atoms with Crippen LogP contribution in [0.5, 0.6) is 0 Å². The van der Waals surface area contributed by atoms with E-state index in [1.165, 1.54) is 0 Å². The van der Waals surface area contributed by atoms with Gasteiger partial charge in [-0.3, -0.25) is 4.79 Å². The summed E-state index contributed by atoms with van der Waals surface area (Å²) in [6.45, 7) is 10.8. The van der Waals surface area contributed by atoms with Crippen molar-refractivity contribution in [2.45, 2.75) is 40.5 Å². The first-order chi connectivity index (χ1) is 7.72. The van der Waals surface area contributed by atoms with Crippen LogP contribution in [-0.2, 0) is 37.5 Å². The zero-order chi connectivity index (χ0) is 12.8. The van der Waals surface area contributed by atoms with E-state index in [2.05, 4.69) is 20.8 Å². The summed E-state index contributed by atoms with van der Waals surface area (Å²) in [5, 5.41) is 0. The first-order valence-electron chi connectivity index (χ1n) is 5.93. The van der Waals surface area contributed by atoms with Gasteiger partial charge in [0.15, 0.2) is 0 Å². The molecule has 0 aromatic heterocycles. The maximum Gasteiger partial charge on any atom is 0.132 e. The molecule has 0 aliphatic heterocycles. The van der Waals surface area contributed by atoms with Crippen molar-refractivity contribution in [3.63, 3.8) is 0 Å². The first kappa shape index (κ1) is 26.5. The molecule has 0 bridgehead atoms. The topological polar surface area (TPSA) is 17.1 Å². The van der Waals surface area contributed by atoms with Crippen LogP contribution in [0.3, 0.4) is 0 Å². The molecule has 1 aromatic carbocycles. The van der Waals surface area contributed by atoms with Gasteiger partial charge in [-0.15, -0.1) is 0 Å². The predicted molar refractivity (Wildman–Crippen MR) is 78.6 cm³/mol. The Morgan fingerprint density at radius 3 is 1.22 bits per heavy atom. The van der Waals surface area contributed by atoms with E-state index in [9.17, 15) is 4.79 Å². The Bertz CT molecular complexity index is 203. The molecule has 0 aliphatic rings. The van der Waals surface area contributed by atoms with Crippen LogP contribution >= 0.6 is 0 Å². The van der Waals surface area contributed by atoms with E-state index < -0.39 is 0 Å². The van der Waals surface area contributed by atoms with Gasteiger partial charge in [-0.1, -0.05) is 50.2 Å². The quantitative estimate of drug-likeness (QED) is 0.716. The molecule has 0 unspecified atom stereocenters. The summed E-state index contributed by atoms with van der Waals surface area (Å²) in [5.41, 5.74) is 0. The van der Waals surface area contributed by atoms with Gasteiger partial charge in [-0.2, -0.15) is 6.92 Å². The fourth-order valence-electron chi connectivity index (χ4n) is 1.25. The van der Waals surface area contributed by atoms with E-state index in [1.807, 2.05) is 36.4 Å². The molecule has 0 fully saturated rings. The van der Waals surface area contributed by atoms with Crippen LogP contribution < -0.4 is 0 Å². The summed E-state index contributed by atoms with van der Waals surface area (Å²) in [5.74, 6) is 0.644. The Kier molecular flexibility index (Phi) is 32.7. The van der Waals surface area contributed by atoms with Crippen molar-refractivity contribution in [1.29, 1.82) is 0 Å². The van der Waals surface area contributed by atoms with Crippen LogP contribution in [0.15, 0.2) is 36.4 Å². The largest absolute Gasteiger partial charge is 0.358 e. The van der Waals surface area contributed by atoms with Gasteiger partial charge in [0, 0.05) is 38.6 Å². The molecule has 0 amide bonds. The monoisotopic (exact) mass is 325 g/mol. The summed E-state index contributed by atoms with van der Waals surface area (Å²) in [6, 6.07) is 12.0. The number of Topliss-reactive ketones (excluding diaryl/α,β-unsaturated/α-hetero) is 1. The maximum absolute atomic E-state index is 10.6. The summed E-state index contributed by atoms with van der Waals surface area (Å²) in [6.07, 6.45) is 1.98. The van der Waals surface area contributed by atoms with Crippen molar-refractivity contribution >= 4 is 5.78 Å². The number of rotatable bonds is 3. The van der Waals surface area contributed by atoms with Gasteiger partial charge in [0.05, 0.1) is 0 Å². The molecule has 1 nitrogen and oxygen atoms in total. The standard InChI is InChI=1S/C7H14O.C6H6.C2H5.CH3.Y/c1-4-7(5-2)6(3)8;1-2-4-6-5-3-1;1-2;;/h7H,4-5H2,1-3H3;1-6H;1H2,2H3;1H3;/q;;2*-1;. The number of hydrogen-bond acceptors (Lipinski definition) is 1. The number of carbonyl (C=O) groups excluding carboxylic acids is 1. The van der Waals surface area contributed by atoms with Crippen molar-refractivity contribution in [1.82, 2.24) is 0 Å². The van der Waals surface area contributed by atoms with Gasteiger partial charge < -0.3 is 14.4 Å². The van der Waals surface area contributed by atoms with E-state index in [0.29, 0.717) is 11.7 Å². The third-order valence-electron chi connectivity index (χ3n) is 2.23. The van der Waals surface area contributed by atoms with Crippen LogP contribution in [-0.4, -0.2) is 5.78 Å². The van der Waals surface area contributed by atoms with Crippen LogP contribution in [0.4, 0.5) is 0 Å². The zero-order valence-corrected chi connectivity index (χ0v) is 15.5. The second-order valence-electron chi connectivity index (χ2n) is 3.28. The predicted octanol–water partition coefficient (Wildman–Crippen LogP) is 4.99. The summed E-state index contributed by atoms with van der Waals surface area (Å²) in [4.78, 5) is 10.6. The third kappa shape index (κ3) is 18.4. The SMILES string of the molecule is CCC(CC)C(C)=O.[CH2-]C.[CH3-].[Y].c1ccccc1. The number of carbonyl (C=O) groups is 1. The molecule has 1 rings (SSSR count). The van der Waals surface area contributed by atoms with Crippen LogP contribution in [0.1, 0.15) is 40.5 Å². The molecule has 0 saturated heterocycles. The molecule has 0 N–H and O–H groups in total. The molecular formula is C16H28OY-2. The van der Waals surface area contributed by atoms with Crippen LogP contribution in [0.25, 0.3) is 0 Å². The Labute approximate surface area is 140 Å². The Balaban J connectivity index is -0.0000000884. The molecule has 0 saturated carbocycles. The normalized spacial score (nSPS) is 7.44. The fourth-order valence-corrected chi connectivity index (χ4v) is 1.25. The van der Waals surface area contributed by atoms with Crippen molar-refractivity contribution < 1.29 is 37.5 Å². The minimum Gasteiger partial charge on any atom is -0.358 e. The summed E-state index contributed by atoms with van der Waals surface area (Å²) < 4.78 is 0. The number of benzene rings is 1. The van der Waals surface area contributed by atoms with Crippen LogP contribution in [0.2, 0.25) is 0 Å². The van der Waals surface area contributed by atoms with Crippen molar-refractivity contribution in [2.75, 3.05) is 0 Å². The van der Waals surface area contributed by atoms with E-state index in [0.717, 1.165) is 12.8 Å². The summed E-state index contributed by atoms with van der Waals surface area (Å²) in [7, 11) is 0. The van der Waals surface area contributed by atoms with Gasteiger partial charge in [0.25, 0.3) is 0 Å². The van der Waals surface area contributed by atoms with E-state index >= 15 is 0 Å². The van der Waals surface area contributed by atoms with Crippen molar-refractivity contribution in [2.24, 2.45) is 5.92 Å². The average molecular weight is 325 g/mol. The zero-order valence-electron chi connectivity index (χ0n) is 12.6. The molecule has 103 valence electrons. The Morgan fingerprint density at radius 2 is 1.17 bits per heavy atom. The second-order valence-corrected chi connectivity index (χ2v) is 3.28. The minimum atomic E-state index is 0. The molecule has 18 heavy (non-hydrogen) atoms. The van der Waals surface area contributed by atoms with E-state index in [-0.39, 0.29) is 40.1 Å². The summed E-state index contributed by atoms with van der Waals surface area (Å²) >= 11 is 0. The minimum absolute atomic E-state index is 0. The van der Waals surface area contributed by atoms with Gasteiger partial charge >= 0.3 is 0 Å². The van der Waals surface area contributed by atoms with Gasteiger partial charge in [-0.25, -0.2) is 0 Å². The number of hydrogen-bond donors (Lipinski definition) is 0. The fraction of sp³-hybridized carbons (Fsp3) is 0.438. The van der Waals surface area contributed by atoms with E-state index in [1.54, 1.807) is 13.8 Å². The molecule has 0 aliphatic carbocycles. The van der Waals surface area contributed by atoms with Gasteiger partial charge in [0.2, 0.25) is 0 Å². The van der Waals surface area contributed by atoms with Gasteiger partial charge in [0.1, 0.15) is 5.78 Å². The second kappa shape index (κ2) is 22.2. The molecule has 0 heterocycles. The van der Waals surface area contributed by atoms with Crippen molar-refractivity contribution in [3.05, 3.63) is 50.7 Å². The maximum atomic E-state index is 10.6. The third-order valence-corrected chi connectivity index (χ3v) is 2.23.